The highest BCUT2D eigenvalue weighted by Gasteiger charge is 2.39. The fourth-order valence-electron chi connectivity index (χ4n) is 2.14. The van der Waals surface area contributed by atoms with Crippen molar-refractivity contribution in [2.75, 3.05) is 16.8 Å². The summed E-state index contributed by atoms with van der Waals surface area (Å²) in [6.45, 7) is 1.63. The third kappa shape index (κ3) is 3.54. The molecule has 0 aromatic carbocycles. The standard InChI is InChI=1S/C11H12ClF3N2O2S/c1-10(2-3-20(18,19)6-10)17-9-5-7(11(13,14)15)4-8(12)16-9/h4-5H,2-3,6H2,1H3,(H,16,17). The van der Waals surface area contributed by atoms with Crippen molar-refractivity contribution >= 4 is 27.3 Å². The van der Waals surface area contributed by atoms with Crippen molar-refractivity contribution in [2.45, 2.75) is 25.1 Å². The lowest BCUT2D eigenvalue weighted by molar-refractivity contribution is -0.137. The van der Waals surface area contributed by atoms with E-state index in [2.05, 4.69) is 10.3 Å². The molecule has 1 aliphatic rings. The molecule has 1 aliphatic heterocycles. The van der Waals surface area contributed by atoms with E-state index in [9.17, 15) is 21.6 Å². The van der Waals surface area contributed by atoms with E-state index in [0.29, 0.717) is 6.42 Å². The Morgan fingerprint density at radius 3 is 2.55 bits per heavy atom. The van der Waals surface area contributed by atoms with Gasteiger partial charge in [-0.1, -0.05) is 11.6 Å². The second-order valence-corrected chi connectivity index (χ2v) is 7.66. The van der Waals surface area contributed by atoms with Gasteiger partial charge in [0.2, 0.25) is 0 Å². The maximum absolute atomic E-state index is 12.7. The highest BCUT2D eigenvalue weighted by atomic mass is 35.5. The number of sulfone groups is 1. The first-order valence-corrected chi connectivity index (χ1v) is 7.92. The molecule has 4 nitrogen and oxygen atoms in total. The highest BCUT2D eigenvalue weighted by molar-refractivity contribution is 7.91. The van der Waals surface area contributed by atoms with Crippen molar-refractivity contribution in [2.24, 2.45) is 0 Å². The van der Waals surface area contributed by atoms with Gasteiger partial charge in [-0.15, -0.1) is 0 Å². The third-order valence-corrected chi connectivity index (χ3v) is 5.15. The molecule has 0 spiro atoms. The Hall–Kier alpha value is -1.02. The lowest BCUT2D eigenvalue weighted by Gasteiger charge is -2.25. The molecule has 0 saturated carbocycles. The minimum absolute atomic E-state index is 0.00317. The Balaban J connectivity index is 2.29. The smallest absolute Gasteiger partial charge is 0.364 e. The van der Waals surface area contributed by atoms with Crippen LogP contribution in [0.15, 0.2) is 12.1 Å². The number of rotatable bonds is 2. The second kappa shape index (κ2) is 4.77. The SMILES string of the molecule is CC1(Nc2cc(C(F)(F)F)cc(Cl)n2)CCS(=O)(=O)C1. The molecule has 1 atom stereocenters. The third-order valence-electron chi connectivity index (χ3n) is 3.05. The van der Waals surface area contributed by atoms with Crippen molar-refractivity contribution in [1.29, 1.82) is 0 Å². The molecule has 1 aromatic rings. The highest BCUT2D eigenvalue weighted by Crippen LogP contribution is 2.33. The fraction of sp³-hybridized carbons (Fsp3) is 0.545. The van der Waals surface area contributed by atoms with Crippen LogP contribution in [-0.2, 0) is 16.0 Å². The van der Waals surface area contributed by atoms with Crippen molar-refractivity contribution in [3.05, 3.63) is 22.8 Å². The zero-order valence-electron chi connectivity index (χ0n) is 10.5. The van der Waals surface area contributed by atoms with Crippen LogP contribution in [0.4, 0.5) is 19.0 Å². The van der Waals surface area contributed by atoms with Crippen LogP contribution in [0.2, 0.25) is 5.15 Å². The van der Waals surface area contributed by atoms with Gasteiger partial charge < -0.3 is 5.32 Å². The summed E-state index contributed by atoms with van der Waals surface area (Å²) in [7, 11) is -3.17. The molecule has 1 N–H and O–H groups in total. The zero-order chi connectivity index (χ0) is 15.2. The van der Waals surface area contributed by atoms with Gasteiger partial charge in [-0.3, -0.25) is 0 Å². The number of pyridine rings is 1. The molecule has 2 heterocycles. The van der Waals surface area contributed by atoms with E-state index in [0.717, 1.165) is 12.1 Å². The fourth-order valence-corrected chi connectivity index (χ4v) is 4.44. The van der Waals surface area contributed by atoms with Gasteiger partial charge >= 0.3 is 6.18 Å². The Morgan fingerprint density at radius 2 is 2.05 bits per heavy atom. The van der Waals surface area contributed by atoms with E-state index < -0.39 is 27.1 Å². The van der Waals surface area contributed by atoms with Crippen LogP contribution in [0.1, 0.15) is 18.9 Å². The van der Waals surface area contributed by atoms with Gasteiger partial charge in [0, 0.05) is 0 Å². The molecular weight excluding hydrogens is 317 g/mol. The summed E-state index contributed by atoms with van der Waals surface area (Å²) in [5.41, 5.74) is -1.76. The molecule has 1 saturated heterocycles. The largest absolute Gasteiger partial charge is 0.416 e. The molecule has 1 unspecified atom stereocenters. The molecule has 112 valence electrons. The zero-order valence-corrected chi connectivity index (χ0v) is 12.0. The van der Waals surface area contributed by atoms with Crippen LogP contribution in [0.3, 0.4) is 0 Å². The summed E-state index contributed by atoms with van der Waals surface area (Å²) >= 11 is 5.57. The van der Waals surface area contributed by atoms with E-state index in [-0.39, 0.29) is 22.5 Å². The monoisotopic (exact) mass is 328 g/mol. The number of nitrogens with zero attached hydrogens (tertiary/aromatic N) is 1. The molecule has 2 rings (SSSR count). The van der Waals surface area contributed by atoms with Gasteiger partial charge in [-0.25, -0.2) is 13.4 Å². The maximum Gasteiger partial charge on any atom is 0.416 e. The summed E-state index contributed by atoms with van der Waals surface area (Å²) < 4.78 is 60.9. The molecular formula is C11H12ClF3N2O2S. The van der Waals surface area contributed by atoms with Gasteiger partial charge in [-0.05, 0) is 25.5 Å². The van der Waals surface area contributed by atoms with Gasteiger partial charge in [-0.2, -0.15) is 13.2 Å². The van der Waals surface area contributed by atoms with E-state index in [1.807, 2.05) is 0 Å². The molecule has 0 radical (unpaired) electrons. The Kier molecular flexibility index (Phi) is 3.66. The number of hydrogen-bond acceptors (Lipinski definition) is 4. The first-order valence-electron chi connectivity index (χ1n) is 5.73. The topological polar surface area (TPSA) is 59.1 Å². The van der Waals surface area contributed by atoms with E-state index in [4.69, 9.17) is 11.6 Å². The molecule has 9 heteroatoms. The van der Waals surface area contributed by atoms with Crippen molar-refractivity contribution in [1.82, 2.24) is 4.98 Å². The van der Waals surface area contributed by atoms with Crippen LogP contribution in [0.5, 0.6) is 0 Å². The van der Waals surface area contributed by atoms with Crippen LogP contribution in [-0.4, -0.2) is 30.4 Å². The Labute approximate surface area is 119 Å². The van der Waals surface area contributed by atoms with Crippen LogP contribution >= 0.6 is 11.6 Å². The average molecular weight is 329 g/mol. The molecule has 1 fully saturated rings. The van der Waals surface area contributed by atoms with Crippen LogP contribution < -0.4 is 5.32 Å². The van der Waals surface area contributed by atoms with Gasteiger partial charge in [0.05, 0.1) is 22.6 Å². The molecule has 1 aromatic heterocycles. The predicted molar refractivity (Wildman–Crippen MR) is 69.5 cm³/mol. The number of anilines is 1. The van der Waals surface area contributed by atoms with E-state index in [1.54, 1.807) is 6.92 Å². The van der Waals surface area contributed by atoms with Crippen molar-refractivity contribution < 1.29 is 21.6 Å². The summed E-state index contributed by atoms with van der Waals surface area (Å²) in [6.07, 6.45) is -4.23. The number of alkyl halides is 3. The average Bonchev–Trinajstić information content (AvgIpc) is 2.50. The first kappa shape index (κ1) is 15.4. The number of hydrogen-bond donors (Lipinski definition) is 1. The van der Waals surface area contributed by atoms with Gasteiger partial charge in [0.1, 0.15) is 11.0 Å². The number of nitrogens with one attached hydrogen (secondary N) is 1. The van der Waals surface area contributed by atoms with Crippen molar-refractivity contribution in [3.63, 3.8) is 0 Å². The minimum Gasteiger partial charge on any atom is -0.364 e. The second-order valence-electron chi connectivity index (χ2n) is 5.09. The maximum atomic E-state index is 12.7. The van der Waals surface area contributed by atoms with E-state index >= 15 is 0 Å². The molecule has 20 heavy (non-hydrogen) atoms. The Bertz CT molecular complexity index is 633. The lowest BCUT2D eigenvalue weighted by Crippen LogP contribution is -2.36. The molecule has 0 aliphatic carbocycles. The summed E-state index contributed by atoms with van der Waals surface area (Å²) in [4.78, 5) is 3.76. The van der Waals surface area contributed by atoms with Crippen LogP contribution in [0, 0.1) is 0 Å². The summed E-state index contributed by atoms with van der Waals surface area (Å²) in [5, 5.41) is 2.45. The summed E-state index contributed by atoms with van der Waals surface area (Å²) in [6, 6.07) is 1.54. The van der Waals surface area contributed by atoms with Gasteiger partial charge in [0.25, 0.3) is 0 Å². The normalized spacial score (nSPS) is 25.6. The summed E-state index contributed by atoms with van der Waals surface area (Å²) in [5.74, 6) is -0.219. The lowest BCUT2D eigenvalue weighted by atomic mass is 10.0. The van der Waals surface area contributed by atoms with Crippen molar-refractivity contribution in [3.8, 4) is 0 Å². The van der Waals surface area contributed by atoms with E-state index in [1.165, 1.54) is 0 Å². The first-order chi connectivity index (χ1) is 8.99. The predicted octanol–water partition coefficient (Wildman–Crippen LogP) is 2.74. The van der Waals surface area contributed by atoms with Gasteiger partial charge in [0.15, 0.2) is 9.84 Å². The number of aromatic nitrogens is 1. The number of halogens is 4. The minimum atomic E-state index is -4.54. The molecule has 0 bridgehead atoms. The van der Waals surface area contributed by atoms with Crippen LogP contribution in [0.25, 0.3) is 0 Å². The molecule has 0 amide bonds. The Morgan fingerprint density at radius 1 is 1.40 bits per heavy atom. The quantitative estimate of drug-likeness (QED) is 0.848.